The molecule has 1 saturated heterocycles. The number of halogens is 2. The predicted molar refractivity (Wildman–Crippen MR) is 82.5 cm³/mol. The molecule has 0 spiro atoms. The van der Waals surface area contributed by atoms with Crippen LogP contribution in [0.15, 0.2) is 22.7 Å². The first-order chi connectivity index (χ1) is 9.04. The molecule has 5 heteroatoms. The summed E-state index contributed by atoms with van der Waals surface area (Å²) in [7, 11) is 2.10. The van der Waals surface area contributed by atoms with Crippen molar-refractivity contribution in [1.82, 2.24) is 4.90 Å². The molecule has 0 bridgehead atoms. The van der Waals surface area contributed by atoms with Crippen LogP contribution in [0.4, 0.5) is 5.69 Å². The van der Waals surface area contributed by atoms with Gasteiger partial charge in [-0.15, -0.1) is 0 Å². The van der Waals surface area contributed by atoms with Gasteiger partial charge in [0, 0.05) is 16.7 Å². The molecule has 1 aromatic rings. The second-order valence-electron chi connectivity index (χ2n) is 5.10. The van der Waals surface area contributed by atoms with Gasteiger partial charge in [-0.1, -0.05) is 11.6 Å². The van der Waals surface area contributed by atoms with E-state index in [1.807, 2.05) is 18.2 Å². The van der Waals surface area contributed by atoms with Gasteiger partial charge in [-0.05, 0) is 67.0 Å². The molecule has 0 radical (unpaired) electrons. The molecular weight excluding hydrogens is 326 g/mol. The minimum atomic E-state index is -0.474. The number of nitriles is 1. The van der Waals surface area contributed by atoms with Crippen LogP contribution in [-0.2, 0) is 0 Å². The molecule has 0 saturated carbocycles. The van der Waals surface area contributed by atoms with Crippen LogP contribution in [0.25, 0.3) is 0 Å². The van der Waals surface area contributed by atoms with Crippen molar-refractivity contribution in [3.8, 4) is 6.07 Å². The highest BCUT2D eigenvalue weighted by Crippen LogP contribution is 2.30. The maximum Gasteiger partial charge on any atom is 0.126 e. The van der Waals surface area contributed by atoms with Gasteiger partial charge in [-0.2, -0.15) is 5.26 Å². The Labute approximate surface area is 127 Å². The van der Waals surface area contributed by atoms with E-state index in [2.05, 4.69) is 39.3 Å². The Balaban J connectivity index is 2.18. The lowest BCUT2D eigenvalue weighted by Crippen LogP contribution is -2.37. The number of hydrogen-bond acceptors (Lipinski definition) is 3. The lowest BCUT2D eigenvalue weighted by atomic mass is 9.92. The second-order valence-corrected chi connectivity index (χ2v) is 6.37. The molecule has 3 nitrogen and oxygen atoms in total. The second kappa shape index (κ2) is 6.13. The van der Waals surface area contributed by atoms with Gasteiger partial charge in [0.25, 0.3) is 0 Å². The highest BCUT2D eigenvalue weighted by Gasteiger charge is 2.31. The van der Waals surface area contributed by atoms with E-state index >= 15 is 0 Å². The summed E-state index contributed by atoms with van der Waals surface area (Å²) >= 11 is 9.40. The van der Waals surface area contributed by atoms with E-state index in [-0.39, 0.29) is 0 Å². The highest BCUT2D eigenvalue weighted by molar-refractivity contribution is 9.10. The van der Waals surface area contributed by atoms with E-state index < -0.39 is 5.54 Å². The van der Waals surface area contributed by atoms with E-state index in [0.29, 0.717) is 5.02 Å². The highest BCUT2D eigenvalue weighted by atomic mass is 79.9. The van der Waals surface area contributed by atoms with Gasteiger partial charge in [0.2, 0.25) is 0 Å². The van der Waals surface area contributed by atoms with Crippen molar-refractivity contribution in [2.75, 3.05) is 25.5 Å². The van der Waals surface area contributed by atoms with Crippen LogP contribution in [-0.4, -0.2) is 30.6 Å². The molecule has 102 valence electrons. The summed E-state index contributed by atoms with van der Waals surface area (Å²) in [6.07, 6.45) is 2.74. The number of nitrogens with zero attached hydrogens (tertiary/aromatic N) is 2. The summed E-state index contributed by atoms with van der Waals surface area (Å²) in [6.45, 7) is 1.99. The summed E-state index contributed by atoms with van der Waals surface area (Å²) in [4.78, 5) is 2.28. The maximum absolute atomic E-state index is 9.57. The van der Waals surface area contributed by atoms with E-state index in [9.17, 15) is 5.26 Å². The summed E-state index contributed by atoms with van der Waals surface area (Å²) in [5, 5.41) is 13.6. The first kappa shape index (κ1) is 14.6. The third-order valence-corrected chi connectivity index (χ3v) is 4.79. The molecule has 1 N–H and O–H groups in total. The van der Waals surface area contributed by atoms with Gasteiger partial charge in [0.1, 0.15) is 5.54 Å². The molecule has 0 amide bonds. The van der Waals surface area contributed by atoms with Crippen molar-refractivity contribution in [2.24, 2.45) is 0 Å². The van der Waals surface area contributed by atoms with Crippen LogP contribution in [0.3, 0.4) is 0 Å². The lowest BCUT2D eigenvalue weighted by Gasteiger charge is -2.27. The fraction of sp³-hybridized carbons (Fsp3) is 0.500. The zero-order valence-electron chi connectivity index (χ0n) is 10.9. The number of hydrogen-bond donors (Lipinski definition) is 1. The molecule has 0 aromatic heterocycles. The Hall–Kier alpha value is -0.760. The van der Waals surface area contributed by atoms with Crippen molar-refractivity contribution in [1.29, 1.82) is 5.26 Å². The maximum atomic E-state index is 9.57. The predicted octanol–water partition coefficient (Wildman–Crippen LogP) is 3.89. The number of rotatable bonds is 2. The normalized spacial score (nSPS) is 24.5. The molecule has 0 aliphatic carbocycles. The zero-order valence-corrected chi connectivity index (χ0v) is 13.3. The third-order valence-electron chi connectivity index (χ3n) is 3.58. The van der Waals surface area contributed by atoms with Crippen molar-refractivity contribution in [2.45, 2.75) is 24.8 Å². The fourth-order valence-corrected chi connectivity index (χ4v) is 2.88. The number of likely N-dealkylation sites (tertiary alicyclic amines) is 1. The van der Waals surface area contributed by atoms with Gasteiger partial charge >= 0.3 is 0 Å². The Kier molecular flexibility index (Phi) is 4.72. The Morgan fingerprint density at radius 1 is 1.42 bits per heavy atom. The molecule has 2 rings (SSSR count). The van der Waals surface area contributed by atoms with Crippen LogP contribution >= 0.6 is 27.5 Å². The Morgan fingerprint density at radius 2 is 2.21 bits per heavy atom. The summed E-state index contributed by atoms with van der Waals surface area (Å²) in [5.74, 6) is 0. The van der Waals surface area contributed by atoms with Gasteiger partial charge in [0.05, 0.1) is 11.1 Å². The van der Waals surface area contributed by atoms with Crippen LogP contribution in [0.5, 0.6) is 0 Å². The quantitative estimate of drug-likeness (QED) is 0.886. The van der Waals surface area contributed by atoms with Gasteiger partial charge < -0.3 is 10.2 Å². The van der Waals surface area contributed by atoms with Gasteiger partial charge in [-0.25, -0.2) is 0 Å². The smallest absolute Gasteiger partial charge is 0.126 e. The van der Waals surface area contributed by atoms with Crippen molar-refractivity contribution in [3.05, 3.63) is 27.7 Å². The topological polar surface area (TPSA) is 39.1 Å². The largest absolute Gasteiger partial charge is 0.367 e. The molecule has 19 heavy (non-hydrogen) atoms. The molecule has 1 aromatic carbocycles. The fourth-order valence-electron chi connectivity index (χ4n) is 2.38. The van der Waals surface area contributed by atoms with E-state index in [4.69, 9.17) is 11.6 Å². The Bertz CT molecular complexity index is 500. The number of benzene rings is 1. The molecular formula is C14H17BrClN3. The summed E-state index contributed by atoms with van der Waals surface area (Å²) < 4.78 is 0.845. The Morgan fingerprint density at radius 3 is 2.89 bits per heavy atom. The van der Waals surface area contributed by atoms with Crippen LogP contribution in [0, 0.1) is 11.3 Å². The van der Waals surface area contributed by atoms with Gasteiger partial charge in [0.15, 0.2) is 0 Å². The van der Waals surface area contributed by atoms with Crippen LogP contribution in [0.2, 0.25) is 5.02 Å². The SMILES string of the molecule is CN1CCCC(C#N)(Nc2ccc(Cl)c(Br)c2)CC1. The van der Waals surface area contributed by atoms with Crippen LogP contribution < -0.4 is 5.32 Å². The number of nitrogens with one attached hydrogen (secondary N) is 1. The first-order valence-electron chi connectivity index (χ1n) is 6.38. The minimum Gasteiger partial charge on any atom is -0.367 e. The van der Waals surface area contributed by atoms with Crippen molar-refractivity contribution < 1.29 is 0 Å². The molecule has 1 aliphatic rings. The van der Waals surface area contributed by atoms with Crippen molar-refractivity contribution in [3.63, 3.8) is 0 Å². The minimum absolute atomic E-state index is 0.474. The number of anilines is 1. The third kappa shape index (κ3) is 3.62. The average molecular weight is 343 g/mol. The zero-order chi connectivity index (χ0) is 13.9. The molecule has 1 fully saturated rings. The first-order valence-corrected chi connectivity index (χ1v) is 7.55. The average Bonchev–Trinajstić information content (AvgIpc) is 2.57. The molecule has 1 atom stereocenters. The van der Waals surface area contributed by atoms with Crippen LogP contribution in [0.1, 0.15) is 19.3 Å². The van der Waals surface area contributed by atoms with E-state index in [0.717, 1.165) is 42.5 Å². The van der Waals surface area contributed by atoms with E-state index in [1.165, 1.54) is 0 Å². The molecule has 1 unspecified atom stereocenters. The lowest BCUT2D eigenvalue weighted by molar-refractivity contribution is 0.345. The standard InChI is InChI=1S/C14H17BrClN3/c1-19-7-2-5-14(10-17,6-8-19)18-11-3-4-13(16)12(15)9-11/h3-4,9,18H,2,5-8H2,1H3. The summed E-state index contributed by atoms with van der Waals surface area (Å²) in [5.41, 5.74) is 0.459. The molecule has 1 aliphatic heterocycles. The molecule has 1 heterocycles. The van der Waals surface area contributed by atoms with Gasteiger partial charge in [-0.3, -0.25) is 0 Å². The summed E-state index contributed by atoms with van der Waals surface area (Å²) in [6, 6.07) is 8.15. The monoisotopic (exact) mass is 341 g/mol. The van der Waals surface area contributed by atoms with E-state index in [1.54, 1.807) is 0 Å². The van der Waals surface area contributed by atoms with Crippen molar-refractivity contribution >= 4 is 33.2 Å².